The van der Waals surface area contributed by atoms with Gasteiger partial charge in [0.25, 0.3) is 0 Å². The van der Waals surface area contributed by atoms with Gasteiger partial charge in [-0.1, -0.05) is 12.1 Å². The lowest BCUT2D eigenvalue weighted by molar-refractivity contribution is -0.139. The van der Waals surface area contributed by atoms with Crippen LogP contribution in [0.3, 0.4) is 0 Å². The molecule has 1 aromatic heterocycles. The van der Waals surface area contributed by atoms with E-state index in [1.165, 1.54) is 16.8 Å². The molecule has 206 valence electrons. The van der Waals surface area contributed by atoms with Crippen LogP contribution < -0.4 is 16.3 Å². The van der Waals surface area contributed by atoms with E-state index in [1.54, 1.807) is 68.7 Å². The molecule has 0 spiro atoms. The number of aliphatic hydroxyl groups is 1. The fourth-order valence-electron chi connectivity index (χ4n) is 4.06. The first-order valence-corrected chi connectivity index (χ1v) is 12.4. The normalized spacial score (nSPS) is 16.1. The first-order chi connectivity index (χ1) is 17.7. The molecule has 3 N–H and O–H groups in total. The van der Waals surface area contributed by atoms with Crippen molar-refractivity contribution in [2.45, 2.75) is 65.3 Å². The van der Waals surface area contributed by atoms with Gasteiger partial charge in [-0.15, -0.1) is 0 Å². The molecule has 1 saturated heterocycles. The number of benzene rings is 1. The van der Waals surface area contributed by atoms with Crippen LogP contribution in [0.1, 0.15) is 47.1 Å². The molecular formula is C26H36N6O6. The Morgan fingerprint density at radius 3 is 2.29 bits per heavy atom. The maximum atomic E-state index is 13.1. The lowest BCUT2D eigenvalue weighted by atomic mass is 10.0. The molecule has 2 aromatic rings. The summed E-state index contributed by atoms with van der Waals surface area (Å²) in [6.45, 7) is 11.0. The van der Waals surface area contributed by atoms with Crippen molar-refractivity contribution in [1.82, 2.24) is 24.7 Å². The maximum Gasteiger partial charge on any atom is 0.408 e. The number of ether oxygens (including phenoxy) is 1. The molecule has 12 heteroatoms. The minimum Gasteiger partial charge on any atom is -0.444 e. The maximum absolute atomic E-state index is 13.1. The molecule has 0 saturated carbocycles. The monoisotopic (exact) mass is 528 g/mol. The number of aromatic nitrogens is 2. The van der Waals surface area contributed by atoms with E-state index < -0.39 is 29.0 Å². The number of urea groups is 1. The van der Waals surface area contributed by atoms with Crippen LogP contribution in [0.5, 0.6) is 0 Å². The third kappa shape index (κ3) is 7.09. The molecule has 1 aliphatic heterocycles. The molecule has 38 heavy (non-hydrogen) atoms. The lowest BCUT2D eigenvalue weighted by Crippen LogP contribution is -2.62. The summed E-state index contributed by atoms with van der Waals surface area (Å²) in [4.78, 5) is 57.9. The first-order valence-electron chi connectivity index (χ1n) is 12.4. The van der Waals surface area contributed by atoms with Crippen LogP contribution in [0.25, 0.3) is 5.69 Å². The molecule has 1 atom stereocenters. The van der Waals surface area contributed by atoms with Crippen LogP contribution in [-0.2, 0) is 16.1 Å². The summed E-state index contributed by atoms with van der Waals surface area (Å²) >= 11 is 0. The third-order valence-corrected chi connectivity index (χ3v) is 5.96. The highest BCUT2D eigenvalue weighted by molar-refractivity contribution is 5.90. The van der Waals surface area contributed by atoms with Gasteiger partial charge in [0.05, 0.1) is 12.3 Å². The summed E-state index contributed by atoms with van der Waals surface area (Å²) in [6, 6.07) is 7.56. The van der Waals surface area contributed by atoms with E-state index in [0.29, 0.717) is 5.69 Å². The summed E-state index contributed by atoms with van der Waals surface area (Å²) in [5.41, 5.74) is -1.15. The van der Waals surface area contributed by atoms with Crippen molar-refractivity contribution in [3.8, 4) is 5.69 Å². The molecule has 1 aliphatic rings. The zero-order valence-electron chi connectivity index (χ0n) is 22.6. The first kappa shape index (κ1) is 28.6. The summed E-state index contributed by atoms with van der Waals surface area (Å²) in [6.07, 6.45) is 0.831. The number of alkyl carbamates (subject to hydrolysis) is 1. The topological polar surface area (TPSA) is 146 Å². The van der Waals surface area contributed by atoms with Gasteiger partial charge in [-0.05, 0) is 65.3 Å². The summed E-state index contributed by atoms with van der Waals surface area (Å²) in [5.74, 6) is -0.177. The number of amides is 4. The highest BCUT2D eigenvalue weighted by Crippen LogP contribution is 2.17. The quantitative estimate of drug-likeness (QED) is 0.539. The van der Waals surface area contributed by atoms with E-state index >= 15 is 0 Å². The summed E-state index contributed by atoms with van der Waals surface area (Å²) in [5, 5.41) is 14.5. The third-order valence-electron chi connectivity index (χ3n) is 5.96. The van der Waals surface area contributed by atoms with Gasteiger partial charge in [-0.3, -0.25) is 14.7 Å². The average molecular weight is 529 g/mol. The fraction of sp³-hybridized carbons (Fsp3) is 0.500. The second kappa shape index (κ2) is 11.2. The van der Waals surface area contributed by atoms with Crippen molar-refractivity contribution in [2.24, 2.45) is 0 Å². The van der Waals surface area contributed by atoms with Gasteiger partial charge in [0.1, 0.15) is 17.0 Å². The predicted octanol–water partition coefficient (Wildman–Crippen LogP) is 2.09. The molecular weight excluding hydrogens is 492 g/mol. The van der Waals surface area contributed by atoms with Crippen molar-refractivity contribution in [3.05, 3.63) is 52.6 Å². The number of hydrogen-bond donors (Lipinski definition) is 3. The minimum atomic E-state index is -1.20. The van der Waals surface area contributed by atoms with Crippen LogP contribution in [0.4, 0.5) is 15.4 Å². The molecule has 12 nitrogen and oxygen atoms in total. The van der Waals surface area contributed by atoms with Crippen molar-refractivity contribution in [1.29, 1.82) is 0 Å². The number of carbonyl (C=O) groups excluding carboxylic acids is 3. The van der Waals surface area contributed by atoms with Gasteiger partial charge in [-0.25, -0.2) is 14.4 Å². The Balaban J connectivity index is 1.60. The molecule has 1 aromatic carbocycles. The number of nitrogens with one attached hydrogen (secondary N) is 2. The number of hydrogen-bond acceptors (Lipinski definition) is 7. The summed E-state index contributed by atoms with van der Waals surface area (Å²) < 4.78 is 6.60. The van der Waals surface area contributed by atoms with Gasteiger partial charge in [-0.2, -0.15) is 4.98 Å². The van der Waals surface area contributed by atoms with Crippen LogP contribution in [-0.4, -0.2) is 79.3 Å². The minimum absolute atomic E-state index is 0.0972. The number of nitrogens with zero attached hydrogens (tertiary/aromatic N) is 4. The van der Waals surface area contributed by atoms with E-state index in [1.807, 2.05) is 6.92 Å². The SMILES string of the molecule is C[C@@H]1CN(C(=O)C(C)(C)NC(=O)OC(C)(C)C)CCN1C(=O)Nc1ccn(-c2ccc(CO)cc2)c(=O)n1. The highest BCUT2D eigenvalue weighted by Gasteiger charge is 2.38. The molecule has 0 unspecified atom stereocenters. The number of carbonyl (C=O) groups is 3. The highest BCUT2D eigenvalue weighted by atomic mass is 16.6. The van der Waals surface area contributed by atoms with Crippen LogP contribution in [0, 0.1) is 0 Å². The summed E-state index contributed by atoms with van der Waals surface area (Å²) in [7, 11) is 0. The molecule has 0 bridgehead atoms. The van der Waals surface area contributed by atoms with E-state index in [4.69, 9.17) is 4.74 Å². The second-order valence-corrected chi connectivity index (χ2v) is 10.8. The standard InChI is InChI=1S/C26H36N6O6/c1-17-15-30(21(34)26(5,6)29-24(37)38-25(2,3)4)13-14-31(17)22(35)27-20-11-12-32(23(36)28-20)19-9-7-18(16-33)8-10-19/h7-12,17,33H,13-16H2,1-6H3,(H,29,37)(H,27,28,35,36)/t17-/m1/s1. The van der Waals surface area contributed by atoms with Gasteiger partial charge in [0.2, 0.25) is 5.91 Å². The molecule has 2 heterocycles. The fourth-order valence-corrected chi connectivity index (χ4v) is 4.06. The van der Waals surface area contributed by atoms with E-state index in [0.717, 1.165) is 5.56 Å². The van der Waals surface area contributed by atoms with Crippen LogP contribution in [0.2, 0.25) is 0 Å². The van der Waals surface area contributed by atoms with E-state index in [2.05, 4.69) is 15.6 Å². The molecule has 1 fully saturated rings. The Hall–Kier alpha value is -3.93. The Morgan fingerprint density at radius 2 is 1.74 bits per heavy atom. The van der Waals surface area contributed by atoms with Gasteiger partial charge in [0.15, 0.2) is 0 Å². The van der Waals surface area contributed by atoms with Crippen LogP contribution in [0.15, 0.2) is 41.3 Å². The van der Waals surface area contributed by atoms with E-state index in [-0.39, 0.29) is 44.0 Å². The Kier molecular flexibility index (Phi) is 8.45. The van der Waals surface area contributed by atoms with Crippen molar-refractivity contribution < 1.29 is 24.2 Å². The van der Waals surface area contributed by atoms with Gasteiger partial charge < -0.3 is 25.0 Å². The van der Waals surface area contributed by atoms with E-state index in [9.17, 15) is 24.3 Å². The Labute approximate surface area is 221 Å². The lowest BCUT2D eigenvalue weighted by Gasteiger charge is -2.42. The zero-order valence-corrected chi connectivity index (χ0v) is 22.6. The molecule has 0 radical (unpaired) electrons. The number of rotatable bonds is 5. The zero-order chi connectivity index (χ0) is 28.3. The Bertz CT molecular complexity index is 1230. The van der Waals surface area contributed by atoms with Gasteiger partial charge in [0, 0.05) is 31.9 Å². The van der Waals surface area contributed by atoms with Crippen molar-refractivity contribution in [3.63, 3.8) is 0 Å². The van der Waals surface area contributed by atoms with Gasteiger partial charge >= 0.3 is 17.8 Å². The number of piperazine rings is 1. The van der Waals surface area contributed by atoms with Crippen molar-refractivity contribution >= 4 is 23.8 Å². The molecule has 3 rings (SSSR count). The Morgan fingerprint density at radius 1 is 1.08 bits per heavy atom. The largest absolute Gasteiger partial charge is 0.444 e. The second-order valence-electron chi connectivity index (χ2n) is 10.8. The molecule has 0 aliphatic carbocycles. The van der Waals surface area contributed by atoms with Crippen molar-refractivity contribution in [2.75, 3.05) is 25.0 Å². The smallest absolute Gasteiger partial charge is 0.408 e. The number of anilines is 1. The number of aliphatic hydroxyl groups excluding tert-OH is 1. The van der Waals surface area contributed by atoms with Crippen LogP contribution >= 0.6 is 0 Å². The predicted molar refractivity (Wildman–Crippen MR) is 141 cm³/mol. The molecule has 4 amide bonds. The average Bonchev–Trinajstić information content (AvgIpc) is 2.82.